The van der Waals surface area contributed by atoms with Crippen LogP contribution in [0.5, 0.6) is 0 Å². The molecule has 0 spiro atoms. The standard InChI is InChI=1S/C24H28NO2PS/c1-19(2)24(25-29(26,27)23-16-14-20(3)15-17-23)18-28(21-10-6-4-7-11-21)22-12-8-5-9-13-22/h4-17,19,24-25H,18H2,1-3H3. The minimum atomic E-state index is -3.57. The lowest BCUT2D eigenvalue weighted by Gasteiger charge is -2.28. The lowest BCUT2D eigenvalue weighted by Crippen LogP contribution is -2.42. The zero-order chi connectivity index (χ0) is 20.9. The Morgan fingerprint density at radius 2 is 1.28 bits per heavy atom. The average molecular weight is 426 g/mol. The Kier molecular flexibility index (Phi) is 7.23. The Balaban J connectivity index is 1.90. The van der Waals surface area contributed by atoms with Gasteiger partial charge in [-0.15, -0.1) is 0 Å². The summed E-state index contributed by atoms with van der Waals surface area (Å²) in [4.78, 5) is 0.317. The lowest BCUT2D eigenvalue weighted by atomic mass is 10.1. The number of benzene rings is 3. The molecular formula is C24H28NO2PS. The Morgan fingerprint density at radius 3 is 1.72 bits per heavy atom. The first-order valence-corrected chi connectivity index (χ1v) is 12.8. The molecule has 5 heteroatoms. The van der Waals surface area contributed by atoms with Gasteiger partial charge in [0.2, 0.25) is 10.0 Å². The number of nitrogens with one attached hydrogen (secondary N) is 1. The molecule has 0 aromatic heterocycles. The van der Waals surface area contributed by atoms with Crippen LogP contribution in [0.3, 0.4) is 0 Å². The van der Waals surface area contributed by atoms with Crippen LogP contribution in [0.15, 0.2) is 89.8 Å². The van der Waals surface area contributed by atoms with Gasteiger partial charge in [0.25, 0.3) is 0 Å². The molecule has 0 bridgehead atoms. The summed E-state index contributed by atoms with van der Waals surface area (Å²) in [5, 5.41) is 2.52. The fraction of sp³-hybridized carbons (Fsp3) is 0.250. The van der Waals surface area contributed by atoms with Gasteiger partial charge in [0, 0.05) is 6.04 Å². The zero-order valence-electron chi connectivity index (χ0n) is 17.1. The summed E-state index contributed by atoms with van der Waals surface area (Å²) in [6.07, 6.45) is 0.756. The van der Waals surface area contributed by atoms with Crippen LogP contribution in [0.2, 0.25) is 0 Å². The molecule has 1 unspecified atom stereocenters. The molecule has 1 atom stereocenters. The van der Waals surface area contributed by atoms with Crippen molar-refractivity contribution in [1.82, 2.24) is 4.72 Å². The third-order valence-corrected chi connectivity index (χ3v) is 9.06. The molecule has 0 aliphatic carbocycles. The zero-order valence-corrected chi connectivity index (χ0v) is 18.8. The van der Waals surface area contributed by atoms with E-state index in [-0.39, 0.29) is 12.0 Å². The molecule has 0 amide bonds. The number of hydrogen-bond donors (Lipinski definition) is 1. The second kappa shape index (κ2) is 9.67. The Labute approximate surface area is 176 Å². The summed E-state index contributed by atoms with van der Waals surface area (Å²) in [6.45, 7) is 6.10. The fourth-order valence-electron chi connectivity index (χ4n) is 3.14. The predicted molar refractivity (Wildman–Crippen MR) is 124 cm³/mol. The smallest absolute Gasteiger partial charge is 0.207 e. The highest BCUT2D eigenvalue weighted by Gasteiger charge is 2.26. The van der Waals surface area contributed by atoms with Crippen LogP contribution >= 0.6 is 7.92 Å². The van der Waals surface area contributed by atoms with E-state index >= 15 is 0 Å². The van der Waals surface area contributed by atoms with Gasteiger partial charge in [0.15, 0.2) is 0 Å². The third-order valence-electron chi connectivity index (χ3n) is 4.96. The first kappa shape index (κ1) is 21.7. The quantitative estimate of drug-likeness (QED) is 0.543. The van der Waals surface area contributed by atoms with Gasteiger partial charge < -0.3 is 0 Å². The molecule has 0 fully saturated rings. The molecule has 3 aromatic carbocycles. The molecule has 152 valence electrons. The SMILES string of the molecule is Cc1ccc(S(=O)(=O)NC(CP(c2ccccc2)c2ccccc2)C(C)C)cc1. The van der Waals surface area contributed by atoms with E-state index in [1.807, 2.05) is 31.2 Å². The van der Waals surface area contributed by atoms with Crippen molar-refractivity contribution in [3.63, 3.8) is 0 Å². The van der Waals surface area contributed by atoms with Gasteiger partial charge in [-0.05, 0) is 49.7 Å². The number of hydrogen-bond acceptors (Lipinski definition) is 2. The number of aryl methyl sites for hydroxylation is 1. The van der Waals surface area contributed by atoms with E-state index in [4.69, 9.17) is 0 Å². The Morgan fingerprint density at radius 1 is 0.793 bits per heavy atom. The van der Waals surface area contributed by atoms with E-state index < -0.39 is 17.9 Å². The molecule has 3 aromatic rings. The van der Waals surface area contributed by atoms with Crippen LogP contribution in [0.4, 0.5) is 0 Å². The summed E-state index contributed by atoms with van der Waals surface area (Å²) in [5.41, 5.74) is 1.04. The van der Waals surface area contributed by atoms with Crippen LogP contribution in [0.1, 0.15) is 19.4 Å². The molecule has 3 rings (SSSR count). The van der Waals surface area contributed by atoms with E-state index in [2.05, 4.69) is 67.1 Å². The molecule has 0 radical (unpaired) electrons. The largest absolute Gasteiger partial charge is 0.240 e. The predicted octanol–water partition coefficient (Wildman–Crippen LogP) is 4.43. The van der Waals surface area contributed by atoms with Gasteiger partial charge in [0.1, 0.15) is 0 Å². The molecule has 29 heavy (non-hydrogen) atoms. The summed E-state index contributed by atoms with van der Waals surface area (Å²) < 4.78 is 29.0. The van der Waals surface area contributed by atoms with E-state index in [9.17, 15) is 8.42 Å². The second-order valence-electron chi connectivity index (χ2n) is 7.57. The summed E-state index contributed by atoms with van der Waals surface area (Å²) >= 11 is 0. The maximum Gasteiger partial charge on any atom is 0.240 e. The van der Waals surface area contributed by atoms with Crippen LogP contribution in [-0.4, -0.2) is 20.6 Å². The van der Waals surface area contributed by atoms with E-state index in [1.54, 1.807) is 12.1 Å². The van der Waals surface area contributed by atoms with Crippen molar-refractivity contribution in [2.45, 2.75) is 31.7 Å². The van der Waals surface area contributed by atoms with Gasteiger partial charge in [-0.3, -0.25) is 0 Å². The minimum absolute atomic E-state index is 0.159. The summed E-state index contributed by atoms with van der Waals surface area (Å²) in [6, 6.07) is 27.7. The molecule has 1 N–H and O–H groups in total. The molecular weight excluding hydrogens is 397 g/mol. The second-order valence-corrected chi connectivity index (χ2v) is 11.5. The highest BCUT2D eigenvalue weighted by Crippen LogP contribution is 2.35. The van der Waals surface area contributed by atoms with E-state index in [0.29, 0.717) is 4.90 Å². The topological polar surface area (TPSA) is 46.2 Å². The van der Waals surface area contributed by atoms with E-state index in [0.717, 1.165) is 11.7 Å². The number of sulfonamides is 1. The summed E-state index contributed by atoms with van der Waals surface area (Å²) in [7, 11) is -4.25. The summed E-state index contributed by atoms with van der Waals surface area (Å²) in [5.74, 6) is 0.174. The van der Waals surface area contributed by atoms with Gasteiger partial charge in [-0.25, -0.2) is 13.1 Å². The van der Waals surface area contributed by atoms with Crippen molar-refractivity contribution in [1.29, 1.82) is 0 Å². The van der Waals surface area contributed by atoms with Crippen molar-refractivity contribution < 1.29 is 8.42 Å². The fourth-order valence-corrected chi connectivity index (χ4v) is 7.34. The maximum absolute atomic E-state index is 13.0. The van der Waals surface area contributed by atoms with Crippen molar-refractivity contribution >= 4 is 28.6 Å². The van der Waals surface area contributed by atoms with Crippen molar-refractivity contribution in [3.8, 4) is 0 Å². The lowest BCUT2D eigenvalue weighted by molar-refractivity contribution is 0.481. The molecule has 0 heterocycles. The molecule has 3 nitrogen and oxygen atoms in total. The highest BCUT2D eigenvalue weighted by molar-refractivity contribution is 7.89. The molecule has 0 aliphatic heterocycles. The monoisotopic (exact) mass is 425 g/mol. The van der Waals surface area contributed by atoms with Gasteiger partial charge >= 0.3 is 0 Å². The first-order chi connectivity index (χ1) is 13.9. The van der Waals surface area contributed by atoms with Crippen molar-refractivity contribution in [2.24, 2.45) is 5.92 Å². The Bertz CT molecular complexity index is 964. The molecule has 0 aliphatic rings. The molecule has 0 saturated carbocycles. The van der Waals surface area contributed by atoms with Gasteiger partial charge in [0.05, 0.1) is 4.90 Å². The Hall–Kier alpha value is -2.00. The molecule has 0 saturated heterocycles. The van der Waals surface area contributed by atoms with Crippen molar-refractivity contribution in [2.75, 3.05) is 6.16 Å². The first-order valence-electron chi connectivity index (χ1n) is 9.83. The third kappa shape index (κ3) is 5.76. The van der Waals surface area contributed by atoms with Crippen LogP contribution in [0, 0.1) is 12.8 Å². The maximum atomic E-state index is 13.0. The minimum Gasteiger partial charge on any atom is -0.207 e. The van der Waals surface area contributed by atoms with Crippen LogP contribution in [0.25, 0.3) is 0 Å². The van der Waals surface area contributed by atoms with E-state index in [1.165, 1.54) is 10.6 Å². The highest BCUT2D eigenvalue weighted by atomic mass is 32.2. The van der Waals surface area contributed by atoms with Crippen LogP contribution in [-0.2, 0) is 10.0 Å². The van der Waals surface area contributed by atoms with Crippen LogP contribution < -0.4 is 15.3 Å². The van der Waals surface area contributed by atoms with Gasteiger partial charge in [-0.1, -0.05) is 92.2 Å². The number of rotatable bonds is 8. The normalized spacial score (nSPS) is 13.0. The average Bonchev–Trinajstić information content (AvgIpc) is 2.72. The van der Waals surface area contributed by atoms with Crippen molar-refractivity contribution in [3.05, 3.63) is 90.5 Å². The van der Waals surface area contributed by atoms with Gasteiger partial charge in [-0.2, -0.15) is 0 Å².